The molecule has 1 N–H and O–H groups in total. The van der Waals surface area contributed by atoms with Crippen LogP contribution < -0.4 is 5.32 Å². The first-order valence-electron chi connectivity index (χ1n) is 7.61. The average Bonchev–Trinajstić information content (AvgIpc) is 3.01. The van der Waals surface area contributed by atoms with Crippen molar-refractivity contribution in [3.05, 3.63) is 69.8 Å². The van der Waals surface area contributed by atoms with Crippen LogP contribution in [0, 0.1) is 13.8 Å². The lowest BCUT2D eigenvalue weighted by Gasteiger charge is -2.09. The number of aromatic nitrogens is 2. The third kappa shape index (κ3) is 4.70. The maximum Gasteiger partial charge on any atom is 0.255 e. The van der Waals surface area contributed by atoms with E-state index >= 15 is 0 Å². The van der Waals surface area contributed by atoms with E-state index in [-0.39, 0.29) is 5.91 Å². The Balaban J connectivity index is 1.62. The van der Waals surface area contributed by atoms with Gasteiger partial charge in [-0.1, -0.05) is 21.1 Å². The minimum Gasteiger partial charge on any atom is -0.338 e. The molecule has 0 spiro atoms. The standard InChI is InChI=1S/C18H16BrN3O2S/c1-11-9-14(19)5-8-16(11)21-18(23)13-3-6-15(7-4-13)25-10-17-20-12(2)22-24-17/h3-9H,10H2,1-2H3,(H,21,23). The van der Waals surface area contributed by atoms with Crippen molar-refractivity contribution < 1.29 is 9.32 Å². The van der Waals surface area contributed by atoms with Crippen LogP contribution in [0.1, 0.15) is 27.6 Å². The minimum absolute atomic E-state index is 0.130. The number of carbonyl (C=O) groups is 1. The largest absolute Gasteiger partial charge is 0.338 e. The van der Waals surface area contributed by atoms with Crippen LogP contribution in [0.15, 0.2) is 56.4 Å². The summed E-state index contributed by atoms with van der Waals surface area (Å²) < 4.78 is 6.07. The van der Waals surface area contributed by atoms with E-state index in [4.69, 9.17) is 4.52 Å². The van der Waals surface area contributed by atoms with Crippen LogP contribution in [0.2, 0.25) is 0 Å². The van der Waals surface area contributed by atoms with Gasteiger partial charge in [0.25, 0.3) is 5.91 Å². The number of halogens is 1. The summed E-state index contributed by atoms with van der Waals surface area (Å²) in [6.45, 7) is 3.75. The summed E-state index contributed by atoms with van der Waals surface area (Å²) in [5.74, 6) is 1.69. The summed E-state index contributed by atoms with van der Waals surface area (Å²) in [6.07, 6.45) is 0. The highest BCUT2D eigenvalue weighted by Gasteiger charge is 2.09. The molecule has 0 saturated heterocycles. The molecule has 1 heterocycles. The fourth-order valence-corrected chi connectivity index (χ4v) is 3.42. The van der Waals surface area contributed by atoms with Crippen LogP contribution in [-0.4, -0.2) is 16.0 Å². The maximum atomic E-state index is 12.4. The van der Waals surface area contributed by atoms with Crippen LogP contribution in [0.25, 0.3) is 0 Å². The van der Waals surface area contributed by atoms with E-state index in [0.717, 1.165) is 20.6 Å². The van der Waals surface area contributed by atoms with Crippen molar-refractivity contribution in [1.82, 2.24) is 10.1 Å². The summed E-state index contributed by atoms with van der Waals surface area (Å²) in [5, 5.41) is 6.70. The van der Waals surface area contributed by atoms with E-state index in [1.807, 2.05) is 49.4 Å². The van der Waals surface area contributed by atoms with E-state index in [2.05, 4.69) is 31.4 Å². The fourth-order valence-electron chi connectivity index (χ4n) is 2.21. The number of aryl methyl sites for hydroxylation is 2. The van der Waals surface area contributed by atoms with Gasteiger partial charge >= 0.3 is 0 Å². The smallest absolute Gasteiger partial charge is 0.255 e. The number of benzene rings is 2. The van der Waals surface area contributed by atoms with E-state index in [1.165, 1.54) is 0 Å². The Kier molecular flexibility index (Phi) is 5.55. The zero-order valence-corrected chi connectivity index (χ0v) is 16.1. The number of rotatable bonds is 5. The molecule has 2 aromatic carbocycles. The van der Waals surface area contributed by atoms with Crippen molar-refractivity contribution in [2.75, 3.05) is 5.32 Å². The molecule has 0 aliphatic heterocycles. The van der Waals surface area contributed by atoms with Gasteiger partial charge in [-0.25, -0.2) is 0 Å². The second-order valence-electron chi connectivity index (χ2n) is 5.46. The quantitative estimate of drug-likeness (QED) is 0.591. The molecule has 0 fully saturated rings. The molecule has 0 bridgehead atoms. The van der Waals surface area contributed by atoms with Crippen molar-refractivity contribution in [3.8, 4) is 0 Å². The minimum atomic E-state index is -0.130. The maximum absolute atomic E-state index is 12.4. The normalized spacial score (nSPS) is 10.7. The van der Waals surface area contributed by atoms with E-state index in [1.54, 1.807) is 18.7 Å². The molecule has 0 aliphatic rings. The van der Waals surface area contributed by atoms with Crippen LogP contribution in [-0.2, 0) is 5.75 Å². The van der Waals surface area contributed by atoms with E-state index in [9.17, 15) is 4.79 Å². The Morgan fingerprint density at radius 1 is 1.20 bits per heavy atom. The molecule has 7 heteroatoms. The summed E-state index contributed by atoms with van der Waals surface area (Å²) in [7, 11) is 0. The van der Waals surface area contributed by atoms with Gasteiger partial charge < -0.3 is 9.84 Å². The summed E-state index contributed by atoms with van der Waals surface area (Å²) in [5.41, 5.74) is 2.42. The summed E-state index contributed by atoms with van der Waals surface area (Å²) in [4.78, 5) is 17.6. The number of nitrogens with zero attached hydrogens (tertiary/aromatic N) is 2. The highest BCUT2D eigenvalue weighted by Crippen LogP contribution is 2.24. The molecule has 0 atom stereocenters. The predicted octanol–water partition coefficient (Wildman–Crippen LogP) is 4.99. The SMILES string of the molecule is Cc1noc(CSc2ccc(C(=O)Nc3ccc(Br)cc3C)cc2)n1. The van der Waals surface area contributed by atoms with Gasteiger partial charge in [0.15, 0.2) is 5.82 Å². The highest BCUT2D eigenvalue weighted by atomic mass is 79.9. The Morgan fingerprint density at radius 3 is 2.60 bits per heavy atom. The number of hydrogen-bond acceptors (Lipinski definition) is 5. The Hall–Kier alpha value is -2.12. The molecule has 1 amide bonds. The van der Waals surface area contributed by atoms with Gasteiger partial charge in [0.05, 0.1) is 5.75 Å². The second kappa shape index (κ2) is 7.84. The van der Waals surface area contributed by atoms with Crippen molar-refractivity contribution in [2.24, 2.45) is 0 Å². The first kappa shape index (κ1) is 17.7. The number of thioether (sulfide) groups is 1. The van der Waals surface area contributed by atoms with Crippen molar-refractivity contribution in [1.29, 1.82) is 0 Å². The molecule has 0 saturated carbocycles. The molecule has 0 aliphatic carbocycles. The number of amides is 1. The third-order valence-corrected chi connectivity index (χ3v) is 4.98. The Labute approximate surface area is 158 Å². The van der Waals surface area contributed by atoms with Crippen molar-refractivity contribution >= 4 is 39.3 Å². The molecule has 3 aromatic rings. The topological polar surface area (TPSA) is 68.0 Å². The molecule has 25 heavy (non-hydrogen) atoms. The van der Waals surface area contributed by atoms with Crippen LogP contribution in [0.4, 0.5) is 5.69 Å². The van der Waals surface area contributed by atoms with Gasteiger partial charge in [0, 0.05) is 20.6 Å². The van der Waals surface area contributed by atoms with Crippen LogP contribution >= 0.6 is 27.7 Å². The lowest BCUT2D eigenvalue weighted by atomic mass is 10.1. The number of hydrogen-bond donors (Lipinski definition) is 1. The molecular formula is C18H16BrN3O2S. The number of nitrogens with one attached hydrogen (secondary N) is 1. The van der Waals surface area contributed by atoms with Gasteiger partial charge in [-0.15, -0.1) is 11.8 Å². The van der Waals surface area contributed by atoms with Crippen molar-refractivity contribution in [3.63, 3.8) is 0 Å². The predicted molar refractivity (Wildman–Crippen MR) is 102 cm³/mol. The fraction of sp³-hybridized carbons (Fsp3) is 0.167. The van der Waals surface area contributed by atoms with E-state index in [0.29, 0.717) is 23.0 Å². The van der Waals surface area contributed by atoms with Gasteiger partial charge in [0.2, 0.25) is 5.89 Å². The zero-order chi connectivity index (χ0) is 17.8. The Morgan fingerprint density at radius 2 is 1.96 bits per heavy atom. The van der Waals surface area contributed by atoms with Crippen LogP contribution in [0.3, 0.4) is 0 Å². The lowest BCUT2D eigenvalue weighted by Crippen LogP contribution is -2.12. The van der Waals surface area contributed by atoms with Gasteiger partial charge in [0.1, 0.15) is 0 Å². The number of anilines is 1. The van der Waals surface area contributed by atoms with Gasteiger partial charge in [-0.05, 0) is 61.9 Å². The monoisotopic (exact) mass is 417 g/mol. The summed E-state index contributed by atoms with van der Waals surface area (Å²) in [6, 6.07) is 13.2. The molecular weight excluding hydrogens is 402 g/mol. The molecule has 3 rings (SSSR count). The number of carbonyl (C=O) groups excluding carboxylic acids is 1. The Bertz CT molecular complexity index is 894. The van der Waals surface area contributed by atoms with E-state index < -0.39 is 0 Å². The molecule has 128 valence electrons. The van der Waals surface area contributed by atoms with Gasteiger partial charge in [-0.2, -0.15) is 4.98 Å². The second-order valence-corrected chi connectivity index (χ2v) is 7.43. The van der Waals surface area contributed by atoms with Crippen LogP contribution in [0.5, 0.6) is 0 Å². The summed E-state index contributed by atoms with van der Waals surface area (Å²) >= 11 is 5.00. The lowest BCUT2D eigenvalue weighted by molar-refractivity contribution is 0.102. The molecule has 1 aromatic heterocycles. The first-order chi connectivity index (χ1) is 12.0. The molecule has 5 nitrogen and oxygen atoms in total. The van der Waals surface area contributed by atoms with Gasteiger partial charge in [-0.3, -0.25) is 4.79 Å². The zero-order valence-electron chi connectivity index (χ0n) is 13.7. The average molecular weight is 418 g/mol. The third-order valence-electron chi connectivity index (χ3n) is 3.49. The highest BCUT2D eigenvalue weighted by molar-refractivity contribution is 9.10. The first-order valence-corrected chi connectivity index (χ1v) is 9.38. The van der Waals surface area contributed by atoms with Crippen molar-refractivity contribution in [2.45, 2.75) is 24.5 Å². The molecule has 0 radical (unpaired) electrons. The molecule has 0 unspecified atom stereocenters.